The van der Waals surface area contributed by atoms with Crippen LogP contribution in [0, 0.1) is 0 Å². The van der Waals surface area contributed by atoms with Gasteiger partial charge in [0.05, 0.1) is 17.3 Å². The van der Waals surface area contributed by atoms with Crippen molar-refractivity contribution in [3.05, 3.63) is 65.7 Å². The second kappa shape index (κ2) is 8.90. The van der Waals surface area contributed by atoms with Gasteiger partial charge in [-0.2, -0.15) is 0 Å². The van der Waals surface area contributed by atoms with Crippen LogP contribution in [0.4, 0.5) is 5.69 Å². The number of Topliss-reactive ketones (excluding diaryl/α,β-unsaturated/α-hetero) is 1. The molecular weight excluding hydrogens is 384 g/mol. The number of amides is 2. The fourth-order valence-corrected chi connectivity index (χ4v) is 3.39. The lowest BCUT2D eigenvalue weighted by Crippen LogP contribution is -2.46. The topological polar surface area (TPSA) is 92.8 Å². The fourth-order valence-electron chi connectivity index (χ4n) is 3.39. The number of fused-ring (bicyclic) bond motifs is 1. The molecule has 0 bridgehead atoms. The van der Waals surface area contributed by atoms with E-state index in [2.05, 4.69) is 5.32 Å². The molecule has 2 amide bonds. The Morgan fingerprint density at radius 3 is 2.30 bits per heavy atom. The van der Waals surface area contributed by atoms with Crippen molar-refractivity contribution >= 4 is 29.3 Å². The third-order valence-electron chi connectivity index (χ3n) is 5.13. The van der Waals surface area contributed by atoms with Gasteiger partial charge in [0.1, 0.15) is 6.04 Å². The molecule has 0 aliphatic carbocycles. The summed E-state index contributed by atoms with van der Waals surface area (Å²) in [6.07, 6.45) is -0.732. The summed E-state index contributed by atoms with van der Waals surface area (Å²) in [6, 6.07) is 14.6. The van der Waals surface area contributed by atoms with Gasteiger partial charge in [0.15, 0.2) is 6.10 Å². The second-order valence-electron chi connectivity index (χ2n) is 7.17. The van der Waals surface area contributed by atoms with Gasteiger partial charge in [-0.1, -0.05) is 49.4 Å². The van der Waals surface area contributed by atoms with E-state index in [4.69, 9.17) is 4.74 Å². The molecule has 3 unspecified atom stereocenters. The van der Waals surface area contributed by atoms with Gasteiger partial charge in [-0.25, -0.2) is 4.79 Å². The second-order valence-corrected chi connectivity index (χ2v) is 7.17. The Morgan fingerprint density at radius 1 is 1.00 bits per heavy atom. The zero-order valence-corrected chi connectivity index (χ0v) is 17.1. The molecule has 0 radical (unpaired) electrons. The zero-order valence-electron chi connectivity index (χ0n) is 17.1. The van der Waals surface area contributed by atoms with Crippen molar-refractivity contribution in [3.63, 3.8) is 0 Å². The number of carbonyl (C=O) groups excluding carboxylic acids is 4. The third-order valence-corrected chi connectivity index (χ3v) is 5.13. The molecule has 1 heterocycles. The Labute approximate surface area is 175 Å². The van der Waals surface area contributed by atoms with E-state index in [1.165, 1.54) is 6.92 Å². The van der Waals surface area contributed by atoms with Gasteiger partial charge >= 0.3 is 5.97 Å². The minimum Gasteiger partial charge on any atom is -0.451 e. The molecule has 1 aliphatic rings. The van der Waals surface area contributed by atoms with E-state index in [-0.39, 0.29) is 18.0 Å². The number of carbonyl (C=O) groups is 4. The van der Waals surface area contributed by atoms with Crippen molar-refractivity contribution in [2.45, 2.75) is 45.4 Å². The van der Waals surface area contributed by atoms with Crippen LogP contribution in [0.15, 0.2) is 54.6 Å². The van der Waals surface area contributed by atoms with Crippen LogP contribution in [0.2, 0.25) is 0 Å². The fraction of sp³-hybridized carbons (Fsp3) is 0.304. The van der Waals surface area contributed by atoms with Crippen molar-refractivity contribution in [1.82, 2.24) is 5.32 Å². The SMILES string of the molecule is CCC(OC(=O)C(C)N1C(=O)C(=O)c2ccccc21)C(=O)NC(C)c1ccccc1. The highest BCUT2D eigenvalue weighted by Gasteiger charge is 2.41. The summed E-state index contributed by atoms with van der Waals surface area (Å²) < 4.78 is 5.41. The number of hydrogen-bond donors (Lipinski definition) is 1. The standard InChI is InChI=1S/C23H24N2O5/c1-4-19(21(27)24-14(2)16-10-6-5-7-11-16)30-23(29)15(3)25-18-13-9-8-12-17(18)20(26)22(25)28/h5-15,19H,4H2,1-3H3,(H,24,27). The lowest BCUT2D eigenvalue weighted by molar-refractivity contribution is -0.157. The summed E-state index contributed by atoms with van der Waals surface area (Å²) in [4.78, 5) is 51.0. The first-order chi connectivity index (χ1) is 14.3. The highest BCUT2D eigenvalue weighted by Crippen LogP contribution is 2.30. The maximum Gasteiger partial charge on any atom is 0.329 e. The van der Waals surface area contributed by atoms with Gasteiger partial charge in [-0.15, -0.1) is 0 Å². The molecule has 0 spiro atoms. The molecule has 3 rings (SSSR count). The van der Waals surface area contributed by atoms with Gasteiger partial charge in [-0.05, 0) is 38.0 Å². The maximum atomic E-state index is 12.7. The molecule has 0 saturated heterocycles. The summed E-state index contributed by atoms with van der Waals surface area (Å²) in [5.74, 6) is -2.61. The molecule has 3 atom stereocenters. The molecule has 7 heteroatoms. The molecule has 1 aliphatic heterocycles. The minimum absolute atomic E-state index is 0.253. The molecule has 2 aromatic rings. The monoisotopic (exact) mass is 408 g/mol. The average molecular weight is 408 g/mol. The van der Waals surface area contributed by atoms with E-state index in [9.17, 15) is 19.2 Å². The largest absolute Gasteiger partial charge is 0.451 e. The van der Waals surface area contributed by atoms with Crippen LogP contribution in [-0.2, 0) is 19.1 Å². The third kappa shape index (κ3) is 4.10. The Bertz CT molecular complexity index is 973. The first-order valence-corrected chi connectivity index (χ1v) is 9.87. The van der Waals surface area contributed by atoms with Crippen molar-refractivity contribution < 1.29 is 23.9 Å². The van der Waals surface area contributed by atoms with Crippen molar-refractivity contribution in [1.29, 1.82) is 0 Å². The molecule has 2 aromatic carbocycles. The number of para-hydroxylation sites is 1. The summed E-state index contributed by atoms with van der Waals surface area (Å²) in [7, 11) is 0. The van der Waals surface area contributed by atoms with Crippen LogP contribution in [0.3, 0.4) is 0 Å². The summed E-state index contributed by atoms with van der Waals surface area (Å²) >= 11 is 0. The van der Waals surface area contributed by atoms with Gasteiger partial charge in [0, 0.05) is 0 Å². The van der Waals surface area contributed by atoms with Gasteiger partial charge < -0.3 is 10.1 Å². The van der Waals surface area contributed by atoms with E-state index >= 15 is 0 Å². The normalized spacial score (nSPS) is 15.9. The van der Waals surface area contributed by atoms with Crippen LogP contribution in [0.25, 0.3) is 0 Å². The van der Waals surface area contributed by atoms with Gasteiger partial charge in [0.25, 0.3) is 17.6 Å². The minimum atomic E-state index is -1.04. The quantitative estimate of drug-likeness (QED) is 0.562. The Kier molecular flexibility index (Phi) is 6.30. The first-order valence-electron chi connectivity index (χ1n) is 9.87. The summed E-state index contributed by atoms with van der Waals surface area (Å²) in [5.41, 5.74) is 1.55. The van der Waals surface area contributed by atoms with Crippen LogP contribution < -0.4 is 10.2 Å². The van der Waals surface area contributed by atoms with E-state index in [1.54, 1.807) is 31.2 Å². The zero-order chi connectivity index (χ0) is 21.8. The number of nitrogens with zero attached hydrogens (tertiary/aromatic N) is 1. The van der Waals surface area contributed by atoms with Crippen LogP contribution in [0.1, 0.15) is 49.2 Å². The van der Waals surface area contributed by atoms with E-state index in [0.717, 1.165) is 10.5 Å². The number of anilines is 1. The lowest BCUT2D eigenvalue weighted by Gasteiger charge is -2.26. The molecule has 156 valence electrons. The Balaban J connectivity index is 1.68. The van der Waals surface area contributed by atoms with Crippen LogP contribution in [-0.4, -0.2) is 35.7 Å². The van der Waals surface area contributed by atoms with E-state index in [0.29, 0.717) is 5.69 Å². The molecular formula is C23H24N2O5. The van der Waals surface area contributed by atoms with Crippen molar-refractivity contribution in [2.75, 3.05) is 4.90 Å². The molecule has 30 heavy (non-hydrogen) atoms. The number of ketones is 1. The number of ether oxygens (including phenoxy) is 1. The number of benzene rings is 2. The number of rotatable bonds is 7. The molecule has 0 saturated carbocycles. The Morgan fingerprint density at radius 2 is 1.63 bits per heavy atom. The number of nitrogens with one attached hydrogen (secondary N) is 1. The number of esters is 1. The highest BCUT2D eigenvalue weighted by molar-refractivity contribution is 6.52. The molecule has 0 fully saturated rings. The summed E-state index contributed by atoms with van der Waals surface area (Å²) in [6.45, 7) is 5.05. The predicted octanol–water partition coefficient (Wildman–Crippen LogP) is 2.80. The summed E-state index contributed by atoms with van der Waals surface area (Å²) in [5, 5.41) is 2.84. The number of hydrogen-bond acceptors (Lipinski definition) is 5. The average Bonchev–Trinajstić information content (AvgIpc) is 3.02. The van der Waals surface area contributed by atoms with Crippen molar-refractivity contribution in [2.24, 2.45) is 0 Å². The molecule has 1 N–H and O–H groups in total. The van der Waals surface area contributed by atoms with E-state index < -0.39 is 35.7 Å². The maximum absolute atomic E-state index is 12.7. The lowest BCUT2D eigenvalue weighted by atomic mass is 10.1. The molecule has 7 nitrogen and oxygen atoms in total. The van der Waals surface area contributed by atoms with Gasteiger partial charge in [-0.3, -0.25) is 19.3 Å². The Hall–Kier alpha value is -3.48. The van der Waals surface area contributed by atoms with E-state index in [1.807, 2.05) is 37.3 Å². The van der Waals surface area contributed by atoms with Gasteiger partial charge in [0.2, 0.25) is 0 Å². The van der Waals surface area contributed by atoms with Crippen LogP contribution >= 0.6 is 0 Å². The first kappa shape index (κ1) is 21.2. The van der Waals surface area contributed by atoms with Crippen molar-refractivity contribution in [3.8, 4) is 0 Å². The highest BCUT2D eigenvalue weighted by atomic mass is 16.5. The molecule has 0 aromatic heterocycles. The van der Waals surface area contributed by atoms with Crippen LogP contribution in [0.5, 0.6) is 0 Å². The predicted molar refractivity (Wildman–Crippen MR) is 111 cm³/mol. The smallest absolute Gasteiger partial charge is 0.329 e.